The third-order valence-corrected chi connectivity index (χ3v) is 5.55. The van der Waals surface area contributed by atoms with Crippen molar-refractivity contribution < 1.29 is 9.59 Å². The van der Waals surface area contributed by atoms with Crippen molar-refractivity contribution in [2.45, 2.75) is 45.6 Å². The Morgan fingerprint density at radius 2 is 1.93 bits per heavy atom. The Morgan fingerprint density at radius 3 is 2.61 bits per heavy atom. The number of nitrogens with zero attached hydrogens (tertiary/aromatic N) is 2. The molecule has 0 aromatic carbocycles. The Bertz CT molecular complexity index is 1000. The Labute approximate surface area is 164 Å². The lowest BCUT2D eigenvalue weighted by Crippen LogP contribution is -2.33. The van der Waals surface area contributed by atoms with Crippen LogP contribution in [-0.4, -0.2) is 27.7 Å². The molecule has 1 aliphatic carbocycles. The van der Waals surface area contributed by atoms with Gasteiger partial charge in [-0.1, -0.05) is 19.4 Å². The number of aromatic nitrogens is 2. The number of Topliss-reactive ketones (excluding diaryl/α,β-unsaturated/α-hetero) is 1. The summed E-state index contributed by atoms with van der Waals surface area (Å²) < 4.78 is 0. The van der Waals surface area contributed by atoms with Gasteiger partial charge >= 0.3 is 0 Å². The van der Waals surface area contributed by atoms with E-state index >= 15 is 0 Å². The highest BCUT2D eigenvalue weighted by Gasteiger charge is 2.25. The summed E-state index contributed by atoms with van der Waals surface area (Å²) in [5.74, 6) is 0.913. The van der Waals surface area contributed by atoms with Crippen molar-refractivity contribution in [1.82, 2.24) is 15.3 Å². The van der Waals surface area contributed by atoms with Gasteiger partial charge in [-0.05, 0) is 37.5 Å². The Morgan fingerprint density at radius 1 is 1.18 bits per heavy atom. The first kappa shape index (κ1) is 18.3. The van der Waals surface area contributed by atoms with E-state index < -0.39 is 0 Å². The van der Waals surface area contributed by atoms with Gasteiger partial charge in [-0.25, -0.2) is 4.98 Å². The number of allylic oxidation sites excluding steroid dienone is 2. The lowest BCUT2D eigenvalue weighted by atomic mass is 9.85. The van der Waals surface area contributed by atoms with Gasteiger partial charge in [0.2, 0.25) is 5.91 Å². The van der Waals surface area contributed by atoms with Crippen LogP contribution in [0.3, 0.4) is 0 Å². The van der Waals surface area contributed by atoms with E-state index in [1.165, 1.54) is 0 Å². The SMILES string of the molecule is CCC(=O)C1C=C(C)C(c2cc3cnc(NC(=O)C4CCC4)cc3cn2)=CN1. The highest BCUT2D eigenvalue weighted by atomic mass is 16.2. The van der Waals surface area contributed by atoms with Gasteiger partial charge in [0.25, 0.3) is 0 Å². The van der Waals surface area contributed by atoms with Gasteiger partial charge < -0.3 is 10.6 Å². The lowest BCUT2D eigenvalue weighted by molar-refractivity contribution is -0.122. The van der Waals surface area contributed by atoms with Gasteiger partial charge in [-0.3, -0.25) is 14.6 Å². The summed E-state index contributed by atoms with van der Waals surface area (Å²) in [6.45, 7) is 3.86. The van der Waals surface area contributed by atoms with Crippen LogP contribution in [0.5, 0.6) is 0 Å². The van der Waals surface area contributed by atoms with Crippen molar-refractivity contribution in [2.24, 2.45) is 5.92 Å². The molecule has 3 heterocycles. The smallest absolute Gasteiger partial charge is 0.228 e. The monoisotopic (exact) mass is 376 g/mol. The molecule has 2 aromatic rings. The summed E-state index contributed by atoms with van der Waals surface area (Å²) in [5.41, 5.74) is 2.81. The number of hydrogen-bond acceptors (Lipinski definition) is 5. The summed E-state index contributed by atoms with van der Waals surface area (Å²) in [6.07, 6.45) is 10.9. The third-order valence-electron chi connectivity index (χ3n) is 5.55. The van der Waals surface area contributed by atoms with Crippen LogP contribution in [0, 0.1) is 5.92 Å². The topological polar surface area (TPSA) is 84.0 Å². The van der Waals surface area contributed by atoms with Gasteiger partial charge in [0.1, 0.15) is 11.9 Å². The fourth-order valence-electron chi connectivity index (χ4n) is 3.51. The average Bonchev–Trinajstić information content (AvgIpc) is 2.65. The molecule has 1 aliphatic heterocycles. The molecule has 6 heteroatoms. The van der Waals surface area contributed by atoms with Gasteiger partial charge in [-0.15, -0.1) is 0 Å². The maximum atomic E-state index is 12.1. The summed E-state index contributed by atoms with van der Waals surface area (Å²) in [6, 6.07) is 3.57. The number of amides is 1. The number of fused-ring (bicyclic) bond motifs is 1. The number of carbonyl (C=O) groups is 2. The average molecular weight is 376 g/mol. The number of ketones is 1. The van der Waals surface area contributed by atoms with Crippen molar-refractivity contribution in [3.8, 4) is 0 Å². The molecule has 0 radical (unpaired) electrons. The first-order valence-electron chi connectivity index (χ1n) is 9.80. The minimum atomic E-state index is -0.266. The molecule has 1 unspecified atom stereocenters. The van der Waals surface area contributed by atoms with Gasteiger partial charge in [-0.2, -0.15) is 0 Å². The largest absolute Gasteiger partial charge is 0.378 e. The zero-order valence-electron chi connectivity index (χ0n) is 16.2. The second-order valence-corrected chi connectivity index (χ2v) is 7.48. The molecule has 0 spiro atoms. The lowest BCUT2D eigenvalue weighted by Gasteiger charge is -2.23. The van der Waals surface area contributed by atoms with Crippen molar-refractivity contribution >= 4 is 33.9 Å². The number of anilines is 1. The zero-order valence-corrected chi connectivity index (χ0v) is 16.2. The highest BCUT2D eigenvalue weighted by Crippen LogP contribution is 2.29. The van der Waals surface area contributed by atoms with E-state index in [0.717, 1.165) is 46.9 Å². The molecular formula is C22H24N4O2. The number of carbonyl (C=O) groups excluding carboxylic acids is 2. The standard InChI is InChI=1S/C22H24N4O2/c1-3-20(27)19-7-13(2)17(12-24-19)18-8-15-11-25-21(9-16(15)10-23-18)26-22(28)14-5-4-6-14/h7-12,14,19,24H,3-6H2,1-2H3,(H,25,26,28). The van der Waals surface area contributed by atoms with Crippen molar-refractivity contribution in [3.05, 3.63) is 48.1 Å². The second-order valence-electron chi connectivity index (χ2n) is 7.48. The molecule has 2 N–H and O–H groups in total. The fourth-order valence-corrected chi connectivity index (χ4v) is 3.51. The molecule has 1 saturated carbocycles. The van der Waals surface area contributed by atoms with Crippen LogP contribution in [0.25, 0.3) is 16.3 Å². The van der Waals surface area contributed by atoms with Crippen LogP contribution >= 0.6 is 0 Å². The van der Waals surface area contributed by atoms with Crippen molar-refractivity contribution in [2.75, 3.05) is 5.32 Å². The summed E-state index contributed by atoms with van der Waals surface area (Å²) in [4.78, 5) is 33.0. The molecule has 1 amide bonds. The van der Waals surface area contributed by atoms with E-state index in [2.05, 4.69) is 20.6 Å². The van der Waals surface area contributed by atoms with E-state index in [0.29, 0.717) is 12.2 Å². The van der Waals surface area contributed by atoms with Crippen LogP contribution in [-0.2, 0) is 9.59 Å². The Hall–Kier alpha value is -3.02. The quantitative estimate of drug-likeness (QED) is 0.833. The first-order valence-corrected chi connectivity index (χ1v) is 9.80. The third kappa shape index (κ3) is 3.54. The highest BCUT2D eigenvalue weighted by molar-refractivity contribution is 5.95. The van der Waals surface area contributed by atoms with E-state index in [9.17, 15) is 9.59 Å². The number of rotatable bonds is 5. The maximum absolute atomic E-state index is 12.1. The van der Waals surface area contributed by atoms with Crippen LogP contribution in [0.4, 0.5) is 5.82 Å². The van der Waals surface area contributed by atoms with E-state index in [1.807, 2.05) is 38.3 Å². The number of nitrogens with one attached hydrogen (secondary N) is 2. The molecule has 2 aliphatic rings. The Balaban J connectivity index is 1.54. The zero-order chi connectivity index (χ0) is 19.7. The second kappa shape index (κ2) is 7.54. The fraction of sp³-hybridized carbons (Fsp3) is 0.364. The van der Waals surface area contributed by atoms with Gasteiger partial charge in [0, 0.05) is 47.3 Å². The number of pyridine rings is 2. The van der Waals surface area contributed by atoms with Crippen LogP contribution in [0.2, 0.25) is 0 Å². The number of dihydropyridines is 1. The van der Waals surface area contributed by atoms with Gasteiger partial charge in [0.05, 0.1) is 5.69 Å². The minimum absolute atomic E-state index is 0.0538. The molecule has 0 bridgehead atoms. The maximum Gasteiger partial charge on any atom is 0.228 e. The molecule has 1 atom stereocenters. The minimum Gasteiger partial charge on any atom is -0.378 e. The molecule has 2 aromatic heterocycles. The Kier molecular flexibility index (Phi) is 4.94. The molecule has 6 nitrogen and oxygen atoms in total. The van der Waals surface area contributed by atoms with Crippen LogP contribution in [0.1, 0.15) is 45.2 Å². The normalized spacial score (nSPS) is 19.3. The van der Waals surface area contributed by atoms with E-state index in [-0.39, 0.29) is 23.7 Å². The molecule has 144 valence electrons. The van der Waals surface area contributed by atoms with Crippen LogP contribution < -0.4 is 10.6 Å². The van der Waals surface area contributed by atoms with Gasteiger partial charge in [0.15, 0.2) is 5.78 Å². The molecule has 0 saturated heterocycles. The van der Waals surface area contributed by atoms with Crippen LogP contribution in [0.15, 0.2) is 42.4 Å². The predicted octanol–water partition coefficient (Wildman–Crippen LogP) is 3.61. The predicted molar refractivity (Wildman–Crippen MR) is 109 cm³/mol. The summed E-state index contributed by atoms with van der Waals surface area (Å²) >= 11 is 0. The first-order chi connectivity index (χ1) is 13.5. The molecular weight excluding hydrogens is 352 g/mol. The number of hydrogen-bond donors (Lipinski definition) is 2. The molecule has 4 rings (SSSR count). The van der Waals surface area contributed by atoms with E-state index in [4.69, 9.17) is 0 Å². The molecule has 28 heavy (non-hydrogen) atoms. The van der Waals surface area contributed by atoms with Crippen molar-refractivity contribution in [3.63, 3.8) is 0 Å². The summed E-state index contributed by atoms with van der Waals surface area (Å²) in [5, 5.41) is 7.93. The van der Waals surface area contributed by atoms with Crippen molar-refractivity contribution in [1.29, 1.82) is 0 Å². The summed E-state index contributed by atoms with van der Waals surface area (Å²) in [7, 11) is 0. The molecule has 1 fully saturated rings. The van der Waals surface area contributed by atoms with E-state index in [1.54, 1.807) is 12.4 Å².